The van der Waals surface area contributed by atoms with E-state index in [2.05, 4.69) is 15.9 Å². The van der Waals surface area contributed by atoms with E-state index in [-0.39, 0.29) is 23.3 Å². The molecular formula is C13H5BrFI2O5S-. The third-order valence-electron chi connectivity index (χ3n) is 2.58. The largest absolute Gasteiger partial charge is 0.744 e. The normalized spacial score (nSPS) is 11.3. The first-order valence-corrected chi connectivity index (χ1v) is 10.1. The maximum atomic E-state index is 13.7. The monoisotopic (exact) mass is 625 g/mol. The Hall–Kier alpha value is -0.310. The number of carbonyl (C=O) groups excluding carboxylic acids is 1. The molecule has 23 heavy (non-hydrogen) atoms. The molecule has 122 valence electrons. The number of hydrogen-bond donors (Lipinski definition) is 0. The molecule has 0 atom stereocenters. The molecule has 0 N–H and O–H groups in total. The minimum absolute atomic E-state index is 0.0125. The van der Waals surface area contributed by atoms with Crippen LogP contribution in [0, 0.1) is 13.0 Å². The first kappa shape index (κ1) is 19.0. The molecular weight excluding hydrogens is 621 g/mol. The van der Waals surface area contributed by atoms with E-state index in [0.717, 1.165) is 6.07 Å². The van der Waals surface area contributed by atoms with Crippen LogP contribution in [0.1, 0.15) is 10.4 Å². The van der Waals surface area contributed by atoms with Crippen molar-refractivity contribution in [2.45, 2.75) is 4.90 Å². The lowest BCUT2D eigenvalue weighted by Crippen LogP contribution is -2.12. The van der Waals surface area contributed by atoms with Crippen molar-refractivity contribution in [2.75, 3.05) is 0 Å². The summed E-state index contributed by atoms with van der Waals surface area (Å²) in [6.45, 7) is 0. The Labute approximate surface area is 166 Å². The Bertz CT molecular complexity index is 878. The number of halogens is 4. The summed E-state index contributed by atoms with van der Waals surface area (Å²) in [5.41, 5.74) is -0.265. The molecule has 0 saturated carbocycles. The topological polar surface area (TPSA) is 83.5 Å². The standard InChI is InChI=1S/C13H6BrFI2O5S/c14-6-1-2-8(9(15)3-6)13(18)22-7-4-10(16)12(11(17)5-7)23(19,20)21/h1-5H,(H,19,20,21)/p-1. The highest BCUT2D eigenvalue weighted by Crippen LogP contribution is 2.29. The van der Waals surface area contributed by atoms with E-state index >= 15 is 0 Å². The van der Waals surface area contributed by atoms with Gasteiger partial charge in [0.1, 0.15) is 21.7 Å². The van der Waals surface area contributed by atoms with Crippen molar-refractivity contribution in [1.29, 1.82) is 0 Å². The van der Waals surface area contributed by atoms with Crippen molar-refractivity contribution >= 4 is 77.2 Å². The molecule has 2 aromatic carbocycles. The van der Waals surface area contributed by atoms with Gasteiger partial charge in [0.2, 0.25) is 0 Å². The lowest BCUT2D eigenvalue weighted by atomic mass is 10.2. The van der Waals surface area contributed by atoms with Gasteiger partial charge in [-0.15, -0.1) is 0 Å². The van der Waals surface area contributed by atoms with Crippen LogP contribution in [0.15, 0.2) is 39.7 Å². The average Bonchev–Trinajstić information content (AvgIpc) is 2.35. The number of hydrogen-bond acceptors (Lipinski definition) is 5. The third-order valence-corrected chi connectivity index (χ3v) is 6.45. The predicted octanol–water partition coefficient (Wildman–Crippen LogP) is 3.92. The van der Waals surface area contributed by atoms with Crippen molar-refractivity contribution in [3.05, 3.63) is 53.3 Å². The molecule has 0 fully saturated rings. The summed E-state index contributed by atoms with van der Waals surface area (Å²) in [5.74, 6) is -1.68. The second-order valence-electron chi connectivity index (χ2n) is 4.18. The summed E-state index contributed by atoms with van der Waals surface area (Å²) in [6.07, 6.45) is 0. The quantitative estimate of drug-likeness (QED) is 0.224. The maximum absolute atomic E-state index is 13.7. The van der Waals surface area contributed by atoms with Crippen molar-refractivity contribution in [1.82, 2.24) is 0 Å². The smallest absolute Gasteiger partial charge is 0.346 e. The molecule has 0 unspecified atom stereocenters. The van der Waals surface area contributed by atoms with E-state index in [0.29, 0.717) is 4.47 Å². The molecule has 2 aromatic rings. The highest BCUT2D eigenvalue weighted by Gasteiger charge is 2.18. The minimum Gasteiger partial charge on any atom is -0.744 e. The van der Waals surface area contributed by atoms with Gasteiger partial charge in [-0.25, -0.2) is 17.6 Å². The van der Waals surface area contributed by atoms with Gasteiger partial charge in [-0.3, -0.25) is 0 Å². The first-order chi connectivity index (χ1) is 10.6. The first-order valence-electron chi connectivity index (χ1n) is 5.72. The molecule has 0 aliphatic heterocycles. The van der Waals surface area contributed by atoms with Crippen LogP contribution in [0.5, 0.6) is 5.75 Å². The van der Waals surface area contributed by atoms with Gasteiger partial charge in [-0.1, -0.05) is 15.9 Å². The number of esters is 1. The van der Waals surface area contributed by atoms with Crippen LogP contribution in [0.4, 0.5) is 4.39 Å². The van der Waals surface area contributed by atoms with Crippen LogP contribution in [-0.4, -0.2) is 18.9 Å². The second-order valence-corrected chi connectivity index (χ2v) is 8.74. The highest BCUT2D eigenvalue weighted by molar-refractivity contribution is 14.1. The molecule has 0 saturated heterocycles. The van der Waals surface area contributed by atoms with Gasteiger partial charge in [0.25, 0.3) is 0 Å². The van der Waals surface area contributed by atoms with Gasteiger partial charge in [0, 0.05) is 11.6 Å². The van der Waals surface area contributed by atoms with Crippen molar-refractivity contribution < 1.29 is 26.9 Å². The van der Waals surface area contributed by atoms with Crippen LogP contribution >= 0.6 is 61.1 Å². The fourth-order valence-corrected chi connectivity index (χ4v) is 5.91. The van der Waals surface area contributed by atoms with Crippen molar-refractivity contribution in [2.24, 2.45) is 0 Å². The Morgan fingerprint density at radius 2 is 1.74 bits per heavy atom. The van der Waals surface area contributed by atoms with Gasteiger partial charge in [0.05, 0.1) is 10.5 Å². The summed E-state index contributed by atoms with van der Waals surface area (Å²) in [7, 11) is -4.64. The van der Waals surface area contributed by atoms with Gasteiger partial charge >= 0.3 is 5.97 Å². The summed E-state index contributed by atoms with van der Waals surface area (Å²) in [5, 5.41) is 0. The zero-order chi connectivity index (χ0) is 17.4. The Morgan fingerprint density at radius 3 is 2.22 bits per heavy atom. The van der Waals surface area contributed by atoms with Crippen molar-refractivity contribution in [3.8, 4) is 5.75 Å². The number of carbonyl (C=O) groups is 1. The molecule has 0 heterocycles. The number of rotatable bonds is 3. The SMILES string of the molecule is O=C(Oc1cc(I)c(S(=O)(=O)[O-])c(I)c1)c1ccc(Br)cc1F. The maximum Gasteiger partial charge on any atom is 0.346 e. The number of ether oxygens (including phenoxy) is 1. The zero-order valence-electron chi connectivity index (χ0n) is 10.8. The van der Waals surface area contributed by atoms with Crippen LogP contribution in [0.3, 0.4) is 0 Å². The third kappa shape index (κ3) is 4.61. The lowest BCUT2D eigenvalue weighted by Gasteiger charge is -2.13. The van der Waals surface area contributed by atoms with Gasteiger partial charge < -0.3 is 9.29 Å². The van der Waals surface area contributed by atoms with Gasteiger partial charge in [-0.05, 0) is 75.5 Å². The molecule has 2 rings (SSSR count). The summed E-state index contributed by atoms with van der Waals surface area (Å²) in [6, 6.07) is 6.32. The van der Waals surface area contributed by atoms with Crippen molar-refractivity contribution in [3.63, 3.8) is 0 Å². The average molecular weight is 626 g/mol. The van der Waals surface area contributed by atoms with Gasteiger partial charge in [-0.2, -0.15) is 0 Å². The summed E-state index contributed by atoms with van der Waals surface area (Å²) >= 11 is 6.38. The van der Waals surface area contributed by atoms with E-state index in [1.807, 2.05) is 0 Å². The molecule has 0 radical (unpaired) electrons. The molecule has 0 aliphatic rings. The Balaban J connectivity index is 2.36. The molecule has 0 bridgehead atoms. The number of benzene rings is 2. The van der Waals surface area contributed by atoms with Crippen LogP contribution in [0.2, 0.25) is 0 Å². The fourth-order valence-electron chi connectivity index (χ4n) is 1.65. The second kappa shape index (κ2) is 7.29. The molecule has 10 heteroatoms. The Kier molecular flexibility index (Phi) is 6.03. The summed E-state index contributed by atoms with van der Waals surface area (Å²) in [4.78, 5) is 11.6. The van der Waals surface area contributed by atoms with Crippen LogP contribution < -0.4 is 4.74 Å². The molecule has 0 amide bonds. The van der Waals surface area contributed by atoms with Gasteiger partial charge in [0.15, 0.2) is 0 Å². The molecule has 5 nitrogen and oxygen atoms in total. The van der Waals surface area contributed by atoms with E-state index in [1.165, 1.54) is 24.3 Å². The fraction of sp³-hybridized carbons (Fsp3) is 0. The van der Waals surface area contributed by atoms with E-state index < -0.39 is 21.9 Å². The Morgan fingerprint density at radius 1 is 1.17 bits per heavy atom. The lowest BCUT2D eigenvalue weighted by molar-refractivity contribution is 0.0729. The minimum atomic E-state index is -4.64. The highest BCUT2D eigenvalue weighted by atomic mass is 127. The predicted molar refractivity (Wildman–Crippen MR) is 98.9 cm³/mol. The van der Waals surface area contributed by atoms with Crippen LogP contribution in [-0.2, 0) is 10.1 Å². The molecule has 0 aromatic heterocycles. The summed E-state index contributed by atoms with van der Waals surface area (Å²) < 4.78 is 53.0. The van der Waals surface area contributed by atoms with E-state index in [4.69, 9.17) is 4.74 Å². The zero-order valence-corrected chi connectivity index (χ0v) is 17.6. The molecule has 0 aliphatic carbocycles. The van der Waals surface area contributed by atoms with E-state index in [1.54, 1.807) is 45.2 Å². The van der Waals surface area contributed by atoms with E-state index in [9.17, 15) is 22.2 Å². The molecule has 0 spiro atoms. The van der Waals surface area contributed by atoms with Crippen LogP contribution in [0.25, 0.3) is 0 Å².